The van der Waals surface area contributed by atoms with Gasteiger partial charge in [0, 0.05) is 13.2 Å². The van der Waals surface area contributed by atoms with Crippen molar-refractivity contribution in [3.05, 3.63) is 0 Å². The van der Waals surface area contributed by atoms with Crippen LogP contribution >= 0.6 is 0 Å². The fourth-order valence-electron chi connectivity index (χ4n) is 2.25. The Morgan fingerprint density at radius 1 is 1.33 bits per heavy atom. The van der Waals surface area contributed by atoms with Crippen molar-refractivity contribution in [1.29, 1.82) is 0 Å². The SMILES string of the molecule is O=C(NC1CCCOC1)[C@@H]1CCCNC1. The molecule has 0 radical (unpaired) electrons. The summed E-state index contributed by atoms with van der Waals surface area (Å²) in [6, 6.07) is 0.244. The molecular weight excluding hydrogens is 192 g/mol. The Bertz CT molecular complexity index is 209. The first-order valence-electron chi connectivity index (χ1n) is 5.95. The van der Waals surface area contributed by atoms with Crippen molar-refractivity contribution in [3.63, 3.8) is 0 Å². The second-order valence-corrected chi connectivity index (χ2v) is 4.47. The molecule has 2 fully saturated rings. The molecule has 1 amide bonds. The lowest BCUT2D eigenvalue weighted by molar-refractivity contribution is -0.127. The summed E-state index contributed by atoms with van der Waals surface area (Å²) in [6.45, 7) is 3.42. The van der Waals surface area contributed by atoms with Gasteiger partial charge in [-0.25, -0.2) is 0 Å². The van der Waals surface area contributed by atoms with Gasteiger partial charge in [-0.15, -0.1) is 0 Å². The Morgan fingerprint density at radius 2 is 2.27 bits per heavy atom. The van der Waals surface area contributed by atoms with E-state index in [9.17, 15) is 4.79 Å². The van der Waals surface area contributed by atoms with Crippen molar-refractivity contribution < 1.29 is 9.53 Å². The summed E-state index contributed by atoms with van der Waals surface area (Å²) in [6.07, 6.45) is 4.26. The Balaban J connectivity index is 1.74. The zero-order valence-electron chi connectivity index (χ0n) is 9.13. The fraction of sp³-hybridized carbons (Fsp3) is 0.909. The molecule has 1 unspecified atom stereocenters. The number of ether oxygens (including phenoxy) is 1. The molecular formula is C11H20N2O2. The number of amides is 1. The highest BCUT2D eigenvalue weighted by molar-refractivity contribution is 5.79. The van der Waals surface area contributed by atoms with Gasteiger partial charge in [0.1, 0.15) is 0 Å². The molecule has 2 heterocycles. The van der Waals surface area contributed by atoms with E-state index in [1.165, 1.54) is 0 Å². The van der Waals surface area contributed by atoms with Gasteiger partial charge in [0.15, 0.2) is 0 Å². The largest absolute Gasteiger partial charge is 0.379 e. The average molecular weight is 212 g/mol. The number of carbonyl (C=O) groups excluding carboxylic acids is 1. The number of nitrogens with one attached hydrogen (secondary N) is 2. The Labute approximate surface area is 90.8 Å². The second kappa shape index (κ2) is 5.47. The third-order valence-electron chi connectivity index (χ3n) is 3.17. The van der Waals surface area contributed by atoms with Crippen molar-refractivity contribution in [2.24, 2.45) is 5.92 Å². The molecule has 2 N–H and O–H groups in total. The van der Waals surface area contributed by atoms with Gasteiger partial charge in [-0.05, 0) is 32.2 Å². The molecule has 0 saturated carbocycles. The third kappa shape index (κ3) is 3.18. The van der Waals surface area contributed by atoms with Gasteiger partial charge in [-0.1, -0.05) is 0 Å². The lowest BCUT2D eigenvalue weighted by Gasteiger charge is -2.27. The van der Waals surface area contributed by atoms with Gasteiger partial charge in [-0.3, -0.25) is 4.79 Å². The third-order valence-corrected chi connectivity index (χ3v) is 3.17. The molecule has 15 heavy (non-hydrogen) atoms. The summed E-state index contributed by atoms with van der Waals surface area (Å²) in [5, 5.41) is 6.35. The molecule has 4 heteroatoms. The van der Waals surface area contributed by atoms with E-state index in [1.807, 2.05) is 0 Å². The molecule has 2 aliphatic rings. The van der Waals surface area contributed by atoms with E-state index in [2.05, 4.69) is 10.6 Å². The maximum atomic E-state index is 11.9. The standard InChI is InChI=1S/C11H20N2O2/c14-11(9-3-1-5-12-7-9)13-10-4-2-6-15-8-10/h9-10,12H,1-8H2,(H,13,14)/t9-,10?/m1/s1. The zero-order valence-corrected chi connectivity index (χ0v) is 9.13. The van der Waals surface area contributed by atoms with Crippen LogP contribution in [-0.4, -0.2) is 38.3 Å². The number of piperidine rings is 1. The maximum absolute atomic E-state index is 11.9. The van der Waals surface area contributed by atoms with Gasteiger partial charge in [0.2, 0.25) is 5.91 Å². The number of hydrogen-bond donors (Lipinski definition) is 2. The van der Waals surface area contributed by atoms with E-state index >= 15 is 0 Å². The first-order chi connectivity index (χ1) is 7.36. The number of rotatable bonds is 2. The molecule has 4 nitrogen and oxygen atoms in total. The van der Waals surface area contributed by atoms with Crippen LogP contribution in [0.4, 0.5) is 0 Å². The van der Waals surface area contributed by atoms with Crippen molar-refractivity contribution in [2.45, 2.75) is 31.7 Å². The van der Waals surface area contributed by atoms with Crippen molar-refractivity contribution in [3.8, 4) is 0 Å². The normalized spacial score (nSPS) is 32.3. The van der Waals surface area contributed by atoms with Crippen LogP contribution in [0.5, 0.6) is 0 Å². The van der Waals surface area contributed by atoms with Crippen LogP contribution in [0.15, 0.2) is 0 Å². The molecule has 2 saturated heterocycles. The Kier molecular flexibility index (Phi) is 3.97. The smallest absolute Gasteiger partial charge is 0.224 e. The summed E-state index contributed by atoms with van der Waals surface area (Å²) >= 11 is 0. The minimum absolute atomic E-state index is 0.167. The Hall–Kier alpha value is -0.610. The molecule has 86 valence electrons. The number of hydrogen-bond acceptors (Lipinski definition) is 3. The first-order valence-corrected chi connectivity index (χ1v) is 5.95. The molecule has 0 aromatic heterocycles. The van der Waals surface area contributed by atoms with Crippen molar-refractivity contribution in [2.75, 3.05) is 26.3 Å². The van der Waals surface area contributed by atoms with E-state index in [-0.39, 0.29) is 17.9 Å². The molecule has 2 rings (SSSR count). The monoisotopic (exact) mass is 212 g/mol. The molecule has 0 aromatic carbocycles. The van der Waals surface area contributed by atoms with Gasteiger partial charge in [-0.2, -0.15) is 0 Å². The van der Waals surface area contributed by atoms with E-state index < -0.39 is 0 Å². The Morgan fingerprint density at radius 3 is 2.93 bits per heavy atom. The molecule has 0 aliphatic carbocycles. The topological polar surface area (TPSA) is 50.4 Å². The van der Waals surface area contributed by atoms with Crippen LogP contribution in [0.2, 0.25) is 0 Å². The van der Waals surface area contributed by atoms with Crippen LogP contribution < -0.4 is 10.6 Å². The molecule has 2 atom stereocenters. The van der Waals surface area contributed by atoms with Gasteiger partial charge in [0.05, 0.1) is 18.6 Å². The number of carbonyl (C=O) groups is 1. The lowest BCUT2D eigenvalue weighted by atomic mass is 9.98. The van der Waals surface area contributed by atoms with E-state index in [4.69, 9.17) is 4.74 Å². The summed E-state index contributed by atoms with van der Waals surface area (Å²) < 4.78 is 5.34. The van der Waals surface area contributed by atoms with Crippen LogP contribution in [0.25, 0.3) is 0 Å². The quantitative estimate of drug-likeness (QED) is 0.691. The fourth-order valence-corrected chi connectivity index (χ4v) is 2.25. The molecule has 0 spiro atoms. The average Bonchev–Trinajstić information content (AvgIpc) is 2.31. The van der Waals surface area contributed by atoms with E-state index in [1.54, 1.807) is 0 Å². The molecule has 0 aromatic rings. The summed E-state index contributed by atoms with van der Waals surface area (Å²) in [5.41, 5.74) is 0. The first kappa shape index (κ1) is 10.9. The van der Waals surface area contributed by atoms with Crippen LogP contribution in [0.1, 0.15) is 25.7 Å². The highest BCUT2D eigenvalue weighted by Gasteiger charge is 2.24. The second-order valence-electron chi connectivity index (χ2n) is 4.47. The summed E-state index contributed by atoms with van der Waals surface area (Å²) in [7, 11) is 0. The summed E-state index contributed by atoms with van der Waals surface area (Å²) in [4.78, 5) is 11.9. The zero-order chi connectivity index (χ0) is 10.5. The van der Waals surface area contributed by atoms with Gasteiger partial charge in [0.25, 0.3) is 0 Å². The van der Waals surface area contributed by atoms with Gasteiger partial charge >= 0.3 is 0 Å². The van der Waals surface area contributed by atoms with Gasteiger partial charge < -0.3 is 15.4 Å². The summed E-state index contributed by atoms with van der Waals surface area (Å²) in [5.74, 6) is 0.373. The van der Waals surface area contributed by atoms with Crippen LogP contribution in [0, 0.1) is 5.92 Å². The van der Waals surface area contributed by atoms with Crippen molar-refractivity contribution >= 4 is 5.91 Å². The minimum atomic E-state index is 0.167. The molecule has 0 bridgehead atoms. The minimum Gasteiger partial charge on any atom is -0.379 e. The van der Waals surface area contributed by atoms with Crippen LogP contribution in [0.3, 0.4) is 0 Å². The maximum Gasteiger partial charge on any atom is 0.224 e. The highest BCUT2D eigenvalue weighted by atomic mass is 16.5. The van der Waals surface area contributed by atoms with Crippen LogP contribution in [-0.2, 0) is 9.53 Å². The highest BCUT2D eigenvalue weighted by Crippen LogP contribution is 2.12. The van der Waals surface area contributed by atoms with E-state index in [0.29, 0.717) is 6.61 Å². The predicted molar refractivity (Wildman–Crippen MR) is 57.6 cm³/mol. The predicted octanol–water partition coefficient (Wildman–Crippen LogP) is 0.281. The van der Waals surface area contributed by atoms with E-state index in [0.717, 1.165) is 45.4 Å². The molecule has 2 aliphatic heterocycles. The van der Waals surface area contributed by atoms with Crippen molar-refractivity contribution in [1.82, 2.24) is 10.6 Å². The lowest BCUT2D eigenvalue weighted by Crippen LogP contribution is -2.47.